The molecule has 43 heavy (non-hydrogen) atoms. The van der Waals surface area contributed by atoms with Gasteiger partial charge in [0.25, 0.3) is 0 Å². The lowest BCUT2D eigenvalue weighted by atomic mass is 9.67. The van der Waals surface area contributed by atoms with Gasteiger partial charge in [-0.05, 0) is 98.7 Å². The van der Waals surface area contributed by atoms with Crippen LogP contribution in [0, 0.1) is 11.8 Å². The zero-order chi connectivity index (χ0) is 28.8. The van der Waals surface area contributed by atoms with E-state index < -0.39 is 0 Å². The van der Waals surface area contributed by atoms with Crippen LogP contribution in [0.2, 0.25) is 0 Å². The molecule has 1 nitrogen and oxygen atoms in total. The van der Waals surface area contributed by atoms with Crippen molar-refractivity contribution in [3.05, 3.63) is 171 Å². The van der Waals surface area contributed by atoms with Crippen molar-refractivity contribution in [3.63, 3.8) is 0 Å². The largest absolute Gasteiger partial charge is 0.381 e. The van der Waals surface area contributed by atoms with Crippen LogP contribution in [0.3, 0.4) is 0 Å². The van der Waals surface area contributed by atoms with Crippen LogP contribution in [-0.4, -0.2) is 6.54 Å². The zero-order valence-corrected chi connectivity index (χ0v) is 24.8. The number of nitrogens with one attached hydrogen (secondary N) is 1. The molecule has 1 heterocycles. The maximum Gasteiger partial charge on any atom is 0.0445 e. The normalized spacial score (nSPS) is 22.2. The number of benzene rings is 3. The molecule has 4 aliphatic carbocycles. The molecule has 5 aliphatic rings. The second kappa shape index (κ2) is 10.9. The molecule has 0 bridgehead atoms. The molecule has 0 saturated carbocycles. The van der Waals surface area contributed by atoms with Crippen LogP contribution in [-0.2, 0) is 6.42 Å². The van der Waals surface area contributed by atoms with E-state index in [1.54, 1.807) is 0 Å². The third-order valence-corrected chi connectivity index (χ3v) is 9.82. The molecular weight excluding hydrogens is 518 g/mol. The van der Waals surface area contributed by atoms with Crippen molar-refractivity contribution in [2.45, 2.75) is 32.6 Å². The average Bonchev–Trinajstić information content (AvgIpc) is 3.07. The molecule has 0 amide bonds. The number of hydrogen-bond donors (Lipinski definition) is 1. The summed E-state index contributed by atoms with van der Waals surface area (Å²) in [5, 5.41) is 6.38. The summed E-state index contributed by atoms with van der Waals surface area (Å²) in [6, 6.07) is 27.3. The number of rotatable bonds is 4. The molecule has 1 N–H and O–H groups in total. The van der Waals surface area contributed by atoms with E-state index >= 15 is 0 Å². The lowest BCUT2D eigenvalue weighted by molar-refractivity contribution is 0.673. The van der Waals surface area contributed by atoms with Crippen molar-refractivity contribution in [3.8, 4) is 0 Å². The predicted molar refractivity (Wildman–Crippen MR) is 182 cm³/mol. The Balaban J connectivity index is 1.25. The summed E-state index contributed by atoms with van der Waals surface area (Å²) in [5.74, 6) is 0.704. The van der Waals surface area contributed by atoms with Crippen molar-refractivity contribution in [1.29, 1.82) is 0 Å². The van der Waals surface area contributed by atoms with Crippen LogP contribution < -0.4 is 15.8 Å². The Morgan fingerprint density at radius 2 is 1.35 bits per heavy atom. The summed E-state index contributed by atoms with van der Waals surface area (Å²) >= 11 is 0. The van der Waals surface area contributed by atoms with Crippen molar-refractivity contribution in [2.75, 3.05) is 6.54 Å². The number of allylic oxidation sites excluding steroid dienone is 11. The van der Waals surface area contributed by atoms with Gasteiger partial charge in [-0.15, -0.1) is 0 Å². The SMILES string of the molecule is CC1=C(c2ccc(C3=CCCC(C4=c5ccccc5=C(C5=Cc6ccccc6CC5)C5C=CC=CC45)=C3)cc2)NCC=C1. The van der Waals surface area contributed by atoms with E-state index in [9.17, 15) is 0 Å². The average molecular weight is 556 g/mol. The molecule has 0 radical (unpaired) electrons. The Hall–Kier alpha value is -4.62. The van der Waals surface area contributed by atoms with Gasteiger partial charge in [-0.3, -0.25) is 0 Å². The van der Waals surface area contributed by atoms with Gasteiger partial charge in [-0.1, -0.05) is 127 Å². The van der Waals surface area contributed by atoms with Gasteiger partial charge in [0.05, 0.1) is 0 Å². The van der Waals surface area contributed by atoms with E-state index in [1.807, 2.05) is 0 Å². The van der Waals surface area contributed by atoms with Gasteiger partial charge < -0.3 is 5.32 Å². The Labute approximate surface area is 255 Å². The lowest BCUT2D eigenvalue weighted by Crippen LogP contribution is -2.40. The van der Waals surface area contributed by atoms with Crippen molar-refractivity contribution >= 4 is 28.5 Å². The number of fused-ring (bicyclic) bond motifs is 3. The first kappa shape index (κ1) is 26.0. The summed E-state index contributed by atoms with van der Waals surface area (Å²) in [7, 11) is 0. The van der Waals surface area contributed by atoms with Crippen LogP contribution in [0.4, 0.5) is 0 Å². The van der Waals surface area contributed by atoms with Crippen molar-refractivity contribution in [2.24, 2.45) is 11.8 Å². The molecule has 1 aliphatic heterocycles. The first-order chi connectivity index (χ1) is 21.2. The Kier molecular flexibility index (Phi) is 6.60. The molecule has 0 saturated heterocycles. The number of dihydropyridines is 1. The molecule has 8 rings (SSSR count). The van der Waals surface area contributed by atoms with Gasteiger partial charge in [-0.2, -0.15) is 0 Å². The van der Waals surface area contributed by atoms with Crippen molar-refractivity contribution < 1.29 is 0 Å². The zero-order valence-electron chi connectivity index (χ0n) is 24.8. The van der Waals surface area contributed by atoms with E-state index in [1.165, 1.54) is 71.8 Å². The highest BCUT2D eigenvalue weighted by atomic mass is 14.9. The molecule has 3 aromatic rings. The fourth-order valence-electron chi connectivity index (χ4n) is 7.78. The Morgan fingerprint density at radius 3 is 2.09 bits per heavy atom. The fraction of sp³-hybridized carbons (Fsp3) is 0.190. The highest BCUT2D eigenvalue weighted by Crippen LogP contribution is 2.44. The van der Waals surface area contributed by atoms with E-state index in [0.717, 1.165) is 32.2 Å². The summed E-state index contributed by atoms with van der Waals surface area (Å²) in [5.41, 5.74) is 15.3. The summed E-state index contributed by atoms with van der Waals surface area (Å²) in [4.78, 5) is 0. The standard InChI is InChI=1S/C42H37N/c1-28-10-9-25-43-42(28)31-22-19-30(20-23-31)33-13-8-14-34(26-33)40-36-15-4-6-17-38(36)41(39-18-7-5-16-37(39)40)35-24-21-29-11-2-3-12-32(29)27-35/h2-7,9-13,15-20,22-23,26-27,36,38,43H,8,14,21,24-25H2,1H3. The minimum Gasteiger partial charge on any atom is -0.381 e. The molecule has 2 atom stereocenters. The molecular formula is C42H37N. The highest BCUT2D eigenvalue weighted by Gasteiger charge is 2.34. The first-order valence-corrected chi connectivity index (χ1v) is 15.8. The molecule has 0 aromatic heterocycles. The van der Waals surface area contributed by atoms with Gasteiger partial charge >= 0.3 is 0 Å². The minimum absolute atomic E-state index is 0.348. The summed E-state index contributed by atoms with van der Waals surface area (Å²) in [6.45, 7) is 3.07. The fourth-order valence-corrected chi connectivity index (χ4v) is 7.78. The van der Waals surface area contributed by atoms with Crippen LogP contribution in [0.15, 0.2) is 138 Å². The third kappa shape index (κ3) is 4.64. The van der Waals surface area contributed by atoms with Gasteiger partial charge in [0, 0.05) is 24.1 Å². The second-order valence-corrected chi connectivity index (χ2v) is 12.3. The Bertz CT molecular complexity index is 1970. The monoisotopic (exact) mass is 555 g/mol. The van der Waals surface area contributed by atoms with Gasteiger partial charge in [0.15, 0.2) is 0 Å². The smallest absolute Gasteiger partial charge is 0.0445 e. The maximum absolute atomic E-state index is 3.55. The van der Waals surface area contributed by atoms with Crippen LogP contribution in [0.25, 0.3) is 28.5 Å². The molecule has 0 spiro atoms. The molecule has 3 aromatic carbocycles. The van der Waals surface area contributed by atoms with Crippen LogP contribution in [0.5, 0.6) is 0 Å². The topological polar surface area (TPSA) is 12.0 Å². The minimum atomic E-state index is 0.348. The van der Waals surface area contributed by atoms with Crippen LogP contribution >= 0.6 is 0 Å². The molecule has 210 valence electrons. The lowest BCUT2D eigenvalue weighted by Gasteiger charge is -2.36. The first-order valence-electron chi connectivity index (χ1n) is 15.8. The summed E-state index contributed by atoms with van der Waals surface area (Å²) in [6.07, 6.45) is 25.6. The van der Waals surface area contributed by atoms with Crippen molar-refractivity contribution in [1.82, 2.24) is 5.32 Å². The number of hydrogen-bond acceptors (Lipinski definition) is 1. The molecule has 1 heteroatoms. The van der Waals surface area contributed by atoms with E-state index in [-0.39, 0.29) is 0 Å². The van der Waals surface area contributed by atoms with Gasteiger partial charge in [0.1, 0.15) is 0 Å². The molecule has 0 fully saturated rings. The quantitative estimate of drug-likeness (QED) is 0.343. The maximum atomic E-state index is 3.55. The molecule has 2 unspecified atom stereocenters. The van der Waals surface area contributed by atoms with Gasteiger partial charge in [0.2, 0.25) is 0 Å². The third-order valence-electron chi connectivity index (χ3n) is 9.82. The predicted octanol–water partition coefficient (Wildman–Crippen LogP) is 8.08. The highest BCUT2D eigenvalue weighted by molar-refractivity contribution is 5.87. The Morgan fingerprint density at radius 1 is 0.674 bits per heavy atom. The number of aryl methyl sites for hydroxylation is 1. The second-order valence-electron chi connectivity index (χ2n) is 12.3. The van der Waals surface area contributed by atoms with E-state index in [2.05, 4.69) is 140 Å². The van der Waals surface area contributed by atoms with E-state index in [4.69, 9.17) is 0 Å². The van der Waals surface area contributed by atoms with Crippen LogP contribution in [0.1, 0.15) is 48.4 Å². The van der Waals surface area contributed by atoms with Gasteiger partial charge in [-0.25, -0.2) is 0 Å². The van der Waals surface area contributed by atoms with E-state index in [0.29, 0.717) is 11.8 Å². The summed E-state index contributed by atoms with van der Waals surface area (Å²) < 4.78 is 0.